The van der Waals surface area contributed by atoms with Crippen LogP contribution >= 0.6 is 0 Å². The fourth-order valence-corrected chi connectivity index (χ4v) is 4.25. The van der Waals surface area contributed by atoms with Gasteiger partial charge in [0.05, 0.1) is 5.56 Å². The molecule has 0 aliphatic heterocycles. The normalized spacial score (nSPS) is 14.0. The Kier molecular flexibility index (Phi) is 6.27. The number of nitrogens with two attached hydrogens (primary N) is 1. The van der Waals surface area contributed by atoms with Crippen molar-refractivity contribution in [3.8, 4) is 0 Å². The standard InChI is InChI=1S/C13H18F5NO3Si/c1-5(2)21-23(20,22-6(3)4)13(19)7-8(14)10(16)12(18)11(17)9(7)15/h5-6,13,20H,19H2,1-4H3. The Bertz CT molecular complexity index is 546. The molecule has 0 radical (unpaired) electrons. The highest BCUT2D eigenvalue weighted by atomic mass is 28.4. The van der Waals surface area contributed by atoms with Gasteiger partial charge in [-0.25, -0.2) is 22.0 Å². The second kappa shape index (κ2) is 7.22. The summed E-state index contributed by atoms with van der Waals surface area (Å²) in [5, 5.41) is 0. The fourth-order valence-electron chi connectivity index (χ4n) is 1.93. The van der Waals surface area contributed by atoms with E-state index >= 15 is 0 Å². The SMILES string of the molecule is CC(C)O[Si](O)(OC(C)C)C(N)c1c(F)c(F)c(F)c(F)c1F. The van der Waals surface area contributed by atoms with Crippen molar-refractivity contribution in [1.29, 1.82) is 0 Å². The molecule has 10 heteroatoms. The maximum Gasteiger partial charge on any atom is 0.521 e. The van der Waals surface area contributed by atoms with Gasteiger partial charge in [0, 0.05) is 12.2 Å². The lowest BCUT2D eigenvalue weighted by Crippen LogP contribution is -2.55. The van der Waals surface area contributed by atoms with E-state index in [4.69, 9.17) is 14.6 Å². The van der Waals surface area contributed by atoms with Crippen molar-refractivity contribution in [1.82, 2.24) is 0 Å². The lowest BCUT2D eigenvalue weighted by Gasteiger charge is -2.33. The molecular weight excluding hydrogens is 341 g/mol. The number of hydrogen-bond acceptors (Lipinski definition) is 4. The van der Waals surface area contributed by atoms with Crippen LogP contribution in [-0.4, -0.2) is 25.8 Å². The smallest absolute Gasteiger partial charge is 0.389 e. The lowest BCUT2D eigenvalue weighted by atomic mass is 10.1. The first-order chi connectivity index (χ1) is 10.4. The summed E-state index contributed by atoms with van der Waals surface area (Å²) in [6, 6.07) is 0. The van der Waals surface area contributed by atoms with Gasteiger partial charge in [0.15, 0.2) is 23.3 Å². The summed E-state index contributed by atoms with van der Waals surface area (Å²) in [5.74, 6) is -10.9. The summed E-state index contributed by atoms with van der Waals surface area (Å²) in [6.45, 7) is 5.97. The minimum atomic E-state index is -4.50. The van der Waals surface area contributed by atoms with Crippen molar-refractivity contribution in [2.24, 2.45) is 5.73 Å². The predicted octanol–water partition coefficient (Wildman–Crippen LogP) is 2.70. The van der Waals surface area contributed by atoms with Crippen molar-refractivity contribution >= 4 is 8.80 Å². The van der Waals surface area contributed by atoms with Crippen LogP contribution in [0.3, 0.4) is 0 Å². The van der Waals surface area contributed by atoms with Crippen LogP contribution in [0.5, 0.6) is 0 Å². The highest BCUT2D eigenvalue weighted by Crippen LogP contribution is 2.32. The van der Waals surface area contributed by atoms with Crippen LogP contribution in [0.4, 0.5) is 22.0 Å². The molecule has 4 nitrogen and oxygen atoms in total. The minimum absolute atomic E-state index is 0.655. The van der Waals surface area contributed by atoms with Crippen LogP contribution in [0.2, 0.25) is 0 Å². The summed E-state index contributed by atoms with van der Waals surface area (Å²) in [7, 11) is -4.50. The third-order valence-corrected chi connectivity index (χ3v) is 5.45. The van der Waals surface area contributed by atoms with E-state index in [0.29, 0.717) is 0 Å². The first kappa shape index (κ1) is 20.0. The van der Waals surface area contributed by atoms with E-state index in [1.807, 2.05) is 0 Å². The molecule has 1 rings (SSSR count). The molecule has 0 aliphatic rings. The van der Waals surface area contributed by atoms with Crippen molar-refractivity contribution in [2.45, 2.75) is 45.6 Å². The molecule has 0 saturated carbocycles. The Hall–Kier alpha value is -1.07. The topological polar surface area (TPSA) is 64.7 Å². The van der Waals surface area contributed by atoms with Crippen molar-refractivity contribution < 1.29 is 35.6 Å². The summed E-state index contributed by atoms with van der Waals surface area (Å²) in [4.78, 5) is 10.5. The highest BCUT2D eigenvalue weighted by Gasteiger charge is 2.50. The second-order valence-corrected chi connectivity index (χ2v) is 7.78. The Morgan fingerprint density at radius 3 is 1.39 bits per heavy atom. The van der Waals surface area contributed by atoms with E-state index in [0.717, 1.165) is 0 Å². The van der Waals surface area contributed by atoms with Gasteiger partial charge in [0.25, 0.3) is 0 Å². The molecule has 1 aromatic carbocycles. The molecule has 0 fully saturated rings. The number of halogens is 5. The molecule has 1 unspecified atom stereocenters. The summed E-state index contributed by atoms with van der Waals surface area (Å²) in [6.07, 6.45) is -1.31. The summed E-state index contributed by atoms with van der Waals surface area (Å²) in [5.41, 5.74) is 2.18. The monoisotopic (exact) mass is 359 g/mol. The Balaban J connectivity index is 3.48. The highest BCUT2D eigenvalue weighted by molar-refractivity contribution is 6.60. The zero-order valence-electron chi connectivity index (χ0n) is 13.0. The Labute approximate surface area is 131 Å². The number of rotatable bonds is 6. The van der Waals surface area contributed by atoms with Gasteiger partial charge in [-0.3, -0.25) is 0 Å². The zero-order chi connectivity index (χ0) is 18.1. The van der Waals surface area contributed by atoms with Crippen LogP contribution in [-0.2, 0) is 8.85 Å². The minimum Gasteiger partial charge on any atom is -0.389 e. The summed E-state index contributed by atoms with van der Waals surface area (Å²) >= 11 is 0. The molecule has 132 valence electrons. The quantitative estimate of drug-likeness (QED) is 0.355. The molecule has 1 aromatic rings. The molecule has 0 aliphatic carbocycles. The fraction of sp³-hybridized carbons (Fsp3) is 0.538. The van der Waals surface area contributed by atoms with Crippen molar-refractivity contribution in [2.75, 3.05) is 0 Å². The van der Waals surface area contributed by atoms with Crippen LogP contribution < -0.4 is 5.73 Å². The maximum atomic E-state index is 13.9. The predicted molar refractivity (Wildman–Crippen MR) is 73.6 cm³/mol. The molecule has 0 bridgehead atoms. The van der Waals surface area contributed by atoms with Gasteiger partial charge in [0.1, 0.15) is 5.67 Å². The van der Waals surface area contributed by atoms with Crippen LogP contribution in [0.15, 0.2) is 0 Å². The van der Waals surface area contributed by atoms with Gasteiger partial charge in [-0.1, -0.05) is 0 Å². The largest absolute Gasteiger partial charge is 0.521 e. The Morgan fingerprint density at radius 1 is 0.783 bits per heavy atom. The second-order valence-electron chi connectivity index (χ2n) is 5.43. The van der Waals surface area contributed by atoms with Gasteiger partial charge in [-0.2, -0.15) is 0 Å². The molecule has 0 aromatic heterocycles. The third kappa shape index (κ3) is 4.07. The van der Waals surface area contributed by atoms with Gasteiger partial charge in [0.2, 0.25) is 5.82 Å². The molecular formula is C13H18F5NO3Si. The van der Waals surface area contributed by atoms with E-state index in [1.54, 1.807) is 0 Å². The van der Waals surface area contributed by atoms with E-state index in [9.17, 15) is 26.7 Å². The molecule has 0 amide bonds. The van der Waals surface area contributed by atoms with E-state index in [2.05, 4.69) is 0 Å². The Morgan fingerprint density at radius 2 is 1.09 bits per heavy atom. The number of hydrogen-bond donors (Lipinski definition) is 2. The molecule has 3 N–H and O–H groups in total. The maximum absolute atomic E-state index is 13.9. The summed E-state index contributed by atoms with van der Waals surface area (Å²) < 4.78 is 77.8. The first-order valence-corrected chi connectivity index (χ1v) is 8.61. The average molecular weight is 359 g/mol. The van der Waals surface area contributed by atoms with Crippen molar-refractivity contribution in [3.63, 3.8) is 0 Å². The first-order valence-electron chi connectivity index (χ1n) is 6.77. The van der Waals surface area contributed by atoms with Crippen LogP contribution in [0.1, 0.15) is 38.9 Å². The van der Waals surface area contributed by atoms with Crippen LogP contribution in [0.25, 0.3) is 0 Å². The molecule has 1 atom stereocenters. The van der Waals surface area contributed by atoms with E-state index in [-0.39, 0.29) is 0 Å². The van der Waals surface area contributed by atoms with Crippen LogP contribution in [0, 0.1) is 29.1 Å². The van der Waals surface area contributed by atoms with Crippen molar-refractivity contribution in [3.05, 3.63) is 34.6 Å². The number of benzene rings is 1. The third-order valence-electron chi connectivity index (χ3n) is 2.76. The van der Waals surface area contributed by atoms with E-state index < -0.39 is 61.3 Å². The lowest BCUT2D eigenvalue weighted by molar-refractivity contribution is 0.0389. The van der Waals surface area contributed by atoms with Gasteiger partial charge in [-0.15, -0.1) is 0 Å². The van der Waals surface area contributed by atoms with Gasteiger partial charge >= 0.3 is 8.80 Å². The van der Waals surface area contributed by atoms with E-state index in [1.165, 1.54) is 27.7 Å². The zero-order valence-corrected chi connectivity index (χ0v) is 14.0. The molecule has 0 heterocycles. The molecule has 0 saturated heterocycles. The molecule has 23 heavy (non-hydrogen) atoms. The van der Waals surface area contributed by atoms with Gasteiger partial charge in [-0.05, 0) is 27.7 Å². The average Bonchev–Trinajstić information content (AvgIpc) is 2.41. The van der Waals surface area contributed by atoms with Gasteiger partial charge < -0.3 is 19.4 Å². The molecule has 0 spiro atoms.